The zero-order valence-corrected chi connectivity index (χ0v) is 19.4. The molecule has 2 fully saturated rings. The molecule has 7 heteroatoms. The van der Waals surface area contributed by atoms with Crippen molar-refractivity contribution in [1.82, 2.24) is 9.80 Å². The van der Waals surface area contributed by atoms with Crippen LogP contribution in [0.3, 0.4) is 0 Å². The number of benzene rings is 1. The SMILES string of the molecule is CCC(CC)CN(CCN1[C@@H]2CC[C@H]1C[C@@H](c1cccc(C(N)=O)c1)C2)C(=O)[C@H](O)CO. The van der Waals surface area contributed by atoms with Gasteiger partial charge in [-0.3, -0.25) is 14.5 Å². The summed E-state index contributed by atoms with van der Waals surface area (Å²) in [6, 6.07) is 8.64. The van der Waals surface area contributed by atoms with Gasteiger partial charge in [0.25, 0.3) is 5.91 Å². The summed E-state index contributed by atoms with van der Waals surface area (Å²) in [6.45, 7) is 5.68. The van der Waals surface area contributed by atoms with Gasteiger partial charge in [0.1, 0.15) is 0 Å². The van der Waals surface area contributed by atoms with E-state index in [1.807, 2.05) is 12.1 Å². The minimum absolute atomic E-state index is 0.370. The summed E-state index contributed by atoms with van der Waals surface area (Å²) in [4.78, 5) is 28.5. The van der Waals surface area contributed by atoms with Crippen LogP contribution in [0.25, 0.3) is 0 Å². The molecule has 0 spiro atoms. The number of carbonyl (C=O) groups excluding carboxylic acids is 2. The van der Waals surface area contributed by atoms with Crippen LogP contribution >= 0.6 is 0 Å². The van der Waals surface area contributed by atoms with Gasteiger partial charge in [0.05, 0.1) is 6.61 Å². The molecular formula is C25H39N3O4. The normalized spacial score (nSPS) is 24.0. The number of carbonyl (C=O) groups is 2. The van der Waals surface area contributed by atoms with Crippen molar-refractivity contribution in [2.24, 2.45) is 11.7 Å². The van der Waals surface area contributed by atoms with Crippen molar-refractivity contribution >= 4 is 11.8 Å². The topological polar surface area (TPSA) is 107 Å². The Kier molecular flexibility index (Phi) is 8.68. The van der Waals surface area contributed by atoms with Gasteiger partial charge in [-0.1, -0.05) is 38.8 Å². The van der Waals surface area contributed by atoms with E-state index in [2.05, 4.69) is 24.8 Å². The lowest BCUT2D eigenvalue weighted by Crippen LogP contribution is -2.50. The van der Waals surface area contributed by atoms with E-state index in [1.165, 1.54) is 5.56 Å². The van der Waals surface area contributed by atoms with Crippen LogP contribution in [0.5, 0.6) is 0 Å². The Morgan fingerprint density at radius 3 is 2.41 bits per heavy atom. The van der Waals surface area contributed by atoms with Gasteiger partial charge in [0, 0.05) is 37.3 Å². The van der Waals surface area contributed by atoms with Crippen LogP contribution in [0.2, 0.25) is 0 Å². The van der Waals surface area contributed by atoms with Crippen molar-refractivity contribution in [3.05, 3.63) is 35.4 Å². The summed E-state index contributed by atoms with van der Waals surface area (Å²) >= 11 is 0. The van der Waals surface area contributed by atoms with Crippen molar-refractivity contribution in [2.45, 2.75) is 76.5 Å². The van der Waals surface area contributed by atoms with E-state index in [9.17, 15) is 19.8 Å². The second-order valence-corrected chi connectivity index (χ2v) is 9.45. The number of nitrogens with two attached hydrogens (primary N) is 1. The minimum Gasteiger partial charge on any atom is -0.393 e. The van der Waals surface area contributed by atoms with Gasteiger partial charge in [-0.2, -0.15) is 0 Å². The van der Waals surface area contributed by atoms with Crippen LogP contribution in [0.15, 0.2) is 24.3 Å². The number of hydrogen-bond acceptors (Lipinski definition) is 5. The lowest BCUT2D eigenvalue weighted by Gasteiger charge is -2.40. The molecule has 2 saturated heterocycles. The monoisotopic (exact) mass is 445 g/mol. The molecule has 2 aliphatic rings. The van der Waals surface area contributed by atoms with Crippen LogP contribution in [0.4, 0.5) is 0 Å². The van der Waals surface area contributed by atoms with Crippen LogP contribution in [-0.4, -0.2) is 76.3 Å². The largest absolute Gasteiger partial charge is 0.393 e. The number of rotatable bonds is 11. The zero-order chi connectivity index (χ0) is 23.3. The molecule has 178 valence electrons. The fraction of sp³-hybridized carbons (Fsp3) is 0.680. The van der Waals surface area contributed by atoms with Gasteiger partial charge in [-0.15, -0.1) is 0 Å². The zero-order valence-electron chi connectivity index (χ0n) is 19.4. The molecule has 0 unspecified atom stereocenters. The maximum absolute atomic E-state index is 12.7. The third-order valence-corrected chi connectivity index (χ3v) is 7.56. The minimum atomic E-state index is -1.34. The molecule has 7 nitrogen and oxygen atoms in total. The van der Waals surface area contributed by atoms with Crippen LogP contribution in [0.1, 0.15) is 74.2 Å². The Morgan fingerprint density at radius 2 is 1.84 bits per heavy atom. The molecule has 4 N–H and O–H groups in total. The van der Waals surface area contributed by atoms with E-state index >= 15 is 0 Å². The number of hydrogen-bond donors (Lipinski definition) is 3. The molecule has 1 aromatic rings. The van der Waals surface area contributed by atoms with E-state index in [0.29, 0.717) is 42.6 Å². The van der Waals surface area contributed by atoms with Gasteiger partial charge in [0.2, 0.25) is 5.91 Å². The predicted octanol–water partition coefficient (Wildman–Crippen LogP) is 2.11. The lowest BCUT2D eigenvalue weighted by molar-refractivity contribution is -0.143. The first-order valence-electron chi connectivity index (χ1n) is 12.1. The van der Waals surface area contributed by atoms with Gasteiger partial charge in [-0.05, 0) is 55.2 Å². The highest BCUT2D eigenvalue weighted by molar-refractivity contribution is 5.92. The number of nitrogens with zero attached hydrogens (tertiary/aromatic N) is 2. The number of piperidine rings is 1. The molecule has 1 aromatic carbocycles. The molecule has 0 saturated carbocycles. The molecule has 32 heavy (non-hydrogen) atoms. The summed E-state index contributed by atoms with van der Waals surface area (Å²) < 4.78 is 0. The van der Waals surface area contributed by atoms with Crippen LogP contribution < -0.4 is 5.73 Å². The summed E-state index contributed by atoms with van der Waals surface area (Å²) in [5, 5.41) is 19.2. The van der Waals surface area contributed by atoms with Crippen molar-refractivity contribution < 1.29 is 19.8 Å². The fourth-order valence-electron chi connectivity index (χ4n) is 5.53. The standard InChI is InChI=1S/C25H39N3O4/c1-3-17(4-2)15-27(25(32)23(30)16-29)10-11-28-21-8-9-22(28)14-20(13-21)18-6-5-7-19(12-18)24(26)31/h5-7,12,17,20-23,29-30H,3-4,8-11,13-16H2,1-2H3,(H2,26,31)/t20-,21+,22-,23-/m1/s1. The first kappa shape index (κ1) is 24.7. The van der Waals surface area contributed by atoms with Crippen molar-refractivity contribution in [1.29, 1.82) is 0 Å². The van der Waals surface area contributed by atoms with E-state index in [4.69, 9.17) is 5.73 Å². The smallest absolute Gasteiger partial charge is 0.253 e. The highest BCUT2D eigenvalue weighted by atomic mass is 16.3. The fourth-order valence-corrected chi connectivity index (χ4v) is 5.53. The predicted molar refractivity (Wildman–Crippen MR) is 124 cm³/mol. The average Bonchev–Trinajstić information content (AvgIpc) is 3.04. The Hall–Kier alpha value is -1.96. The van der Waals surface area contributed by atoms with Gasteiger partial charge >= 0.3 is 0 Å². The summed E-state index contributed by atoms with van der Waals surface area (Å²) in [5.74, 6) is 0.0517. The molecule has 2 amide bonds. The first-order valence-corrected chi connectivity index (χ1v) is 12.1. The molecule has 2 heterocycles. The van der Waals surface area contributed by atoms with Crippen molar-refractivity contribution in [3.63, 3.8) is 0 Å². The average molecular weight is 446 g/mol. The molecule has 2 bridgehead atoms. The van der Waals surface area contributed by atoms with Crippen molar-refractivity contribution in [2.75, 3.05) is 26.2 Å². The van der Waals surface area contributed by atoms with Gasteiger partial charge in [0.15, 0.2) is 6.10 Å². The number of aliphatic hydroxyl groups is 2. The Labute approximate surface area is 191 Å². The summed E-state index contributed by atoms with van der Waals surface area (Å²) in [5.41, 5.74) is 7.22. The third-order valence-electron chi connectivity index (χ3n) is 7.56. The summed E-state index contributed by atoms with van der Waals surface area (Å²) in [6.07, 6.45) is 5.00. The Balaban J connectivity index is 1.64. The number of fused-ring (bicyclic) bond motifs is 2. The highest BCUT2D eigenvalue weighted by Gasteiger charge is 2.41. The highest BCUT2D eigenvalue weighted by Crippen LogP contribution is 2.43. The maximum atomic E-state index is 12.7. The van der Waals surface area contributed by atoms with Gasteiger partial charge in [-0.25, -0.2) is 0 Å². The molecule has 2 aliphatic heterocycles. The van der Waals surface area contributed by atoms with E-state index < -0.39 is 12.7 Å². The lowest BCUT2D eigenvalue weighted by atomic mass is 9.84. The second-order valence-electron chi connectivity index (χ2n) is 9.45. The molecular weight excluding hydrogens is 406 g/mol. The quantitative estimate of drug-likeness (QED) is 0.484. The van der Waals surface area contributed by atoms with Gasteiger partial charge < -0.3 is 20.8 Å². The number of amides is 2. The number of primary amides is 1. The molecule has 0 aliphatic carbocycles. The van der Waals surface area contributed by atoms with E-state index in [-0.39, 0.29) is 11.8 Å². The van der Waals surface area contributed by atoms with Crippen LogP contribution in [0, 0.1) is 5.92 Å². The summed E-state index contributed by atoms with van der Waals surface area (Å²) in [7, 11) is 0. The third kappa shape index (κ3) is 5.69. The van der Waals surface area contributed by atoms with E-state index in [1.54, 1.807) is 11.0 Å². The van der Waals surface area contributed by atoms with Crippen LogP contribution in [-0.2, 0) is 4.79 Å². The Morgan fingerprint density at radius 1 is 1.19 bits per heavy atom. The Bertz CT molecular complexity index is 768. The molecule has 0 aromatic heterocycles. The van der Waals surface area contributed by atoms with Crippen molar-refractivity contribution in [3.8, 4) is 0 Å². The first-order chi connectivity index (χ1) is 15.4. The molecule has 4 atom stereocenters. The maximum Gasteiger partial charge on any atom is 0.253 e. The van der Waals surface area contributed by atoms with E-state index in [0.717, 1.165) is 45.1 Å². The molecule has 3 rings (SSSR count). The second kappa shape index (κ2) is 11.3. The number of aliphatic hydroxyl groups excluding tert-OH is 2. The molecule has 0 radical (unpaired) electrons.